The number of nitrogens with one attached hydrogen (secondary N) is 1. The first-order valence-corrected chi connectivity index (χ1v) is 9.53. The van der Waals surface area contributed by atoms with Crippen molar-refractivity contribution in [2.75, 3.05) is 5.32 Å². The van der Waals surface area contributed by atoms with Crippen LogP contribution in [0.1, 0.15) is 38.8 Å². The summed E-state index contributed by atoms with van der Waals surface area (Å²) in [6.45, 7) is 3.98. The minimum Gasteiger partial charge on any atom is -0.367 e. The number of anilines is 1. The van der Waals surface area contributed by atoms with E-state index in [9.17, 15) is 4.79 Å². The number of fused-ring (bicyclic) bond motifs is 2. The predicted octanol–water partition coefficient (Wildman–Crippen LogP) is 2.93. The lowest BCUT2D eigenvalue weighted by molar-refractivity contribution is 0.278. The van der Waals surface area contributed by atoms with E-state index in [0.29, 0.717) is 11.3 Å². The van der Waals surface area contributed by atoms with Crippen LogP contribution in [0.15, 0.2) is 47.7 Å². The third-order valence-electron chi connectivity index (χ3n) is 5.34. The number of imidazole rings is 1. The molecule has 28 heavy (non-hydrogen) atoms. The molecule has 1 fully saturated rings. The first kappa shape index (κ1) is 16.9. The van der Waals surface area contributed by atoms with Crippen LogP contribution in [0.2, 0.25) is 0 Å². The van der Waals surface area contributed by atoms with E-state index in [-0.39, 0.29) is 23.8 Å². The van der Waals surface area contributed by atoms with Crippen LogP contribution in [-0.4, -0.2) is 35.1 Å². The zero-order valence-corrected chi connectivity index (χ0v) is 15.8. The number of nitrogens with zero attached hydrogens (tertiary/aromatic N) is 6. The Kier molecular flexibility index (Phi) is 3.85. The molecule has 1 N–H and O–H groups in total. The van der Waals surface area contributed by atoms with Gasteiger partial charge in [0.05, 0.1) is 0 Å². The lowest BCUT2D eigenvalue weighted by Gasteiger charge is -2.36. The molecule has 8 nitrogen and oxygen atoms in total. The van der Waals surface area contributed by atoms with Crippen molar-refractivity contribution in [3.8, 4) is 0 Å². The lowest BCUT2D eigenvalue weighted by atomic mass is 9.86. The van der Waals surface area contributed by atoms with E-state index in [2.05, 4.69) is 25.3 Å². The van der Waals surface area contributed by atoms with Crippen LogP contribution in [0.3, 0.4) is 0 Å². The molecule has 1 aliphatic rings. The van der Waals surface area contributed by atoms with Gasteiger partial charge in [0.1, 0.15) is 5.82 Å². The number of aromatic nitrogens is 6. The molecule has 4 aromatic rings. The molecule has 5 rings (SSSR count). The Morgan fingerprint density at radius 2 is 1.82 bits per heavy atom. The van der Waals surface area contributed by atoms with Crippen LogP contribution in [0.4, 0.5) is 5.82 Å². The maximum absolute atomic E-state index is 13.0. The van der Waals surface area contributed by atoms with Gasteiger partial charge in [-0.3, -0.25) is 9.13 Å². The third kappa shape index (κ3) is 2.64. The van der Waals surface area contributed by atoms with Crippen LogP contribution in [0.25, 0.3) is 22.3 Å². The SMILES string of the molecule is CC(C)n1c(=O)n([C@H]2C[C@H](Nc3ccc4cccnc4n3)C2)c2nccnc21. The van der Waals surface area contributed by atoms with Crippen molar-refractivity contribution in [3.63, 3.8) is 0 Å². The predicted molar refractivity (Wildman–Crippen MR) is 107 cm³/mol. The molecule has 0 bridgehead atoms. The van der Waals surface area contributed by atoms with Gasteiger partial charge in [-0.1, -0.05) is 0 Å². The number of hydrogen-bond donors (Lipinski definition) is 1. The highest BCUT2D eigenvalue weighted by Gasteiger charge is 2.34. The van der Waals surface area contributed by atoms with Crippen LogP contribution < -0.4 is 11.0 Å². The molecule has 4 aromatic heterocycles. The second kappa shape index (κ2) is 6.40. The number of rotatable bonds is 4. The molecule has 0 spiro atoms. The summed E-state index contributed by atoms with van der Waals surface area (Å²) in [5.41, 5.74) is 2.02. The van der Waals surface area contributed by atoms with E-state index in [4.69, 9.17) is 0 Å². The summed E-state index contributed by atoms with van der Waals surface area (Å²) in [7, 11) is 0. The number of pyridine rings is 2. The zero-order chi connectivity index (χ0) is 19.3. The molecule has 0 atom stereocenters. The quantitative estimate of drug-likeness (QED) is 0.590. The van der Waals surface area contributed by atoms with Gasteiger partial charge in [0.25, 0.3) is 0 Å². The first-order valence-electron chi connectivity index (χ1n) is 9.53. The van der Waals surface area contributed by atoms with Crippen molar-refractivity contribution >= 4 is 28.1 Å². The summed E-state index contributed by atoms with van der Waals surface area (Å²) >= 11 is 0. The van der Waals surface area contributed by atoms with Gasteiger partial charge in [-0.25, -0.2) is 24.7 Å². The summed E-state index contributed by atoms with van der Waals surface area (Å²) in [4.78, 5) is 30.7. The topological polar surface area (TPSA) is 90.5 Å². The van der Waals surface area contributed by atoms with Crippen molar-refractivity contribution < 1.29 is 0 Å². The highest BCUT2D eigenvalue weighted by Crippen LogP contribution is 2.35. The molecule has 0 aromatic carbocycles. The van der Waals surface area contributed by atoms with Crippen molar-refractivity contribution in [1.29, 1.82) is 0 Å². The van der Waals surface area contributed by atoms with E-state index >= 15 is 0 Å². The van der Waals surface area contributed by atoms with Crippen molar-refractivity contribution in [2.24, 2.45) is 0 Å². The molecule has 4 heterocycles. The fourth-order valence-corrected chi connectivity index (χ4v) is 3.91. The van der Waals surface area contributed by atoms with Gasteiger partial charge in [0.15, 0.2) is 16.9 Å². The van der Waals surface area contributed by atoms with Gasteiger partial charge >= 0.3 is 5.69 Å². The highest BCUT2D eigenvalue weighted by atomic mass is 16.2. The van der Waals surface area contributed by atoms with Crippen LogP contribution >= 0.6 is 0 Å². The monoisotopic (exact) mass is 375 g/mol. The smallest absolute Gasteiger partial charge is 0.332 e. The molecule has 142 valence electrons. The van der Waals surface area contributed by atoms with E-state index in [1.165, 1.54) is 0 Å². The normalized spacial score (nSPS) is 19.2. The summed E-state index contributed by atoms with van der Waals surface area (Å²) < 4.78 is 3.52. The summed E-state index contributed by atoms with van der Waals surface area (Å²) in [5.74, 6) is 0.811. The van der Waals surface area contributed by atoms with Crippen LogP contribution in [0.5, 0.6) is 0 Å². The molecule has 8 heteroatoms. The van der Waals surface area contributed by atoms with Crippen molar-refractivity contribution in [1.82, 2.24) is 29.1 Å². The van der Waals surface area contributed by atoms with E-state index in [0.717, 1.165) is 29.7 Å². The Morgan fingerprint density at radius 3 is 2.61 bits per heavy atom. The molecule has 0 saturated heterocycles. The van der Waals surface area contributed by atoms with E-state index in [1.54, 1.807) is 27.7 Å². The van der Waals surface area contributed by atoms with Gasteiger partial charge in [-0.05, 0) is 51.0 Å². The van der Waals surface area contributed by atoms with Crippen LogP contribution in [-0.2, 0) is 0 Å². The largest absolute Gasteiger partial charge is 0.367 e. The molecule has 0 radical (unpaired) electrons. The van der Waals surface area contributed by atoms with E-state index in [1.807, 2.05) is 38.1 Å². The second-order valence-corrected chi connectivity index (χ2v) is 7.53. The summed E-state index contributed by atoms with van der Waals surface area (Å²) in [5, 5.41) is 4.48. The Labute approximate surface area is 161 Å². The maximum Gasteiger partial charge on any atom is 0.332 e. The first-order chi connectivity index (χ1) is 13.6. The van der Waals surface area contributed by atoms with Crippen LogP contribution in [0, 0.1) is 0 Å². The average molecular weight is 375 g/mol. The minimum atomic E-state index is -0.0346. The van der Waals surface area contributed by atoms with Gasteiger partial charge < -0.3 is 5.32 Å². The highest BCUT2D eigenvalue weighted by molar-refractivity contribution is 5.76. The van der Waals surface area contributed by atoms with Gasteiger partial charge in [0.2, 0.25) is 0 Å². The molecule has 0 amide bonds. The maximum atomic E-state index is 13.0. The summed E-state index contributed by atoms with van der Waals surface area (Å²) in [6, 6.07) is 8.31. The van der Waals surface area contributed by atoms with Gasteiger partial charge in [-0.15, -0.1) is 0 Å². The second-order valence-electron chi connectivity index (χ2n) is 7.53. The molecule has 0 unspecified atom stereocenters. The summed E-state index contributed by atoms with van der Waals surface area (Å²) in [6.07, 6.45) is 6.71. The standard InChI is InChI=1S/C20H21N7O/c1-12(2)26-18-19(23-9-8-22-18)27(20(26)28)15-10-14(11-15)24-16-6-5-13-4-3-7-21-17(13)25-16/h3-9,12,14-15H,10-11H2,1-2H3,(H,21,24,25)/t14-,15-. The average Bonchev–Trinajstić information content (AvgIpc) is 2.96. The minimum absolute atomic E-state index is 0.0346. The molecule has 1 saturated carbocycles. The van der Waals surface area contributed by atoms with Crippen molar-refractivity contribution in [3.05, 3.63) is 53.3 Å². The Hall–Kier alpha value is -3.29. The van der Waals surface area contributed by atoms with Gasteiger partial charge in [-0.2, -0.15) is 0 Å². The molecule has 0 aliphatic heterocycles. The van der Waals surface area contributed by atoms with Gasteiger partial charge in [0, 0.05) is 42.1 Å². The number of hydrogen-bond acceptors (Lipinski definition) is 6. The Balaban J connectivity index is 1.38. The molecular formula is C20H21N7O. The van der Waals surface area contributed by atoms with E-state index < -0.39 is 0 Å². The fourth-order valence-electron chi connectivity index (χ4n) is 3.91. The van der Waals surface area contributed by atoms with Crippen molar-refractivity contribution in [2.45, 2.75) is 44.8 Å². The fraction of sp³-hybridized carbons (Fsp3) is 0.350. The lowest BCUT2D eigenvalue weighted by Crippen LogP contribution is -2.41. The molecular weight excluding hydrogens is 354 g/mol. The Bertz CT molecular complexity index is 1220. The molecule has 1 aliphatic carbocycles. The Morgan fingerprint density at radius 1 is 1.04 bits per heavy atom. The zero-order valence-electron chi connectivity index (χ0n) is 15.8. The third-order valence-corrected chi connectivity index (χ3v) is 5.34.